The lowest BCUT2D eigenvalue weighted by Gasteiger charge is -2.18. The number of thioether (sulfide) groups is 1. The van der Waals surface area contributed by atoms with Gasteiger partial charge in [-0.05, 0) is 36.3 Å². The molecule has 1 unspecified atom stereocenters. The zero-order valence-electron chi connectivity index (χ0n) is 16.2. The molecule has 0 radical (unpaired) electrons. The van der Waals surface area contributed by atoms with Crippen LogP contribution >= 0.6 is 24.0 Å². The lowest BCUT2D eigenvalue weighted by Crippen LogP contribution is -2.41. The van der Waals surface area contributed by atoms with Gasteiger partial charge in [0.15, 0.2) is 0 Å². The van der Waals surface area contributed by atoms with Gasteiger partial charge in [-0.15, -0.1) is 0 Å². The minimum absolute atomic E-state index is 0.104. The van der Waals surface area contributed by atoms with E-state index in [9.17, 15) is 14.7 Å². The minimum Gasteiger partial charge on any atom is -0.465 e. The van der Waals surface area contributed by atoms with Crippen molar-refractivity contribution in [2.45, 2.75) is 18.9 Å². The third-order valence-corrected chi connectivity index (χ3v) is 5.79. The van der Waals surface area contributed by atoms with Crippen LogP contribution in [0, 0.1) is 0 Å². The molecular weight excluding hydrogens is 420 g/mol. The predicted octanol–water partition coefficient (Wildman–Crippen LogP) is 3.15. The smallest absolute Gasteiger partial charge is 0.266 e. The largest absolute Gasteiger partial charge is 0.465 e. The average molecular weight is 443 g/mol. The molecular formula is C22H22N2O4S2. The summed E-state index contributed by atoms with van der Waals surface area (Å²) in [4.78, 5) is 26.8. The fourth-order valence-corrected chi connectivity index (χ4v) is 4.16. The number of nitrogens with zero attached hydrogens (tertiary/aromatic N) is 1. The van der Waals surface area contributed by atoms with Crippen molar-refractivity contribution in [3.63, 3.8) is 0 Å². The Bertz CT molecular complexity index is 939. The standard InChI is InChI=1S/C22H22N2O4S2/c25-15-17(14-16-6-2-1-3-7-16)23-20(26)11-12-24-21(27)19(30-22(24)29)10-4-8-18-9-5-13-28-18/h1-10,13,17,25H,11-12,14-15H2,(H,23,26)/b8-4+,19-10+. The van der Waals surface area contributed by atoms with Crippen molar-refractivity contribution in [3.05, 3.63) is 77.1 Å². The molecule has 0 spiro atoms. The molecule has 3 rings (SSSR count). The summed E-state index contributed by atoms with van der Waals surface area (Å²) in [5.74, 6) is 0.234. The number of aliphatic hydroxyl groups is 1. The van der Waals surface area contributed by atoms with Gasteiger partial charge >= 0.3 is 0 Å². The van der Waals surface area contributed by atoms with Crippen LogP contribution < -0.4 is 5.32 Å². The first-order valence-corrected chi connectivity index (χ1v) is 10.7. The Balaban J connectivity index is 1.50. The van der Waals surface area contributed by atoms with Gasteiger partial charge in [-0.3, -0.25) is 14.5 Å². The molecule has 1 fully saturated rings. The van der Waals surface area contributed by atoms with Crippen LogP contribution in [0.25, 0.3) is 6.08 Å². The SMILES string of the molecule is O=C(CCN1C(=O)/C(=C\C=C\c2ccco2)SC1=S)NC(CO)Cc1ccccc1. The number of amides is 2. The molecule has 2 aromatic rings. The van der Waals surface area contributed by atoms with E-state index < -0.39 is 0 Å². The van der Waals surface area contributed by atoms with Crippen LogP contribution in [0.1, 0.15) is 17.7 Å². The Morgan fingerprint density at radius 3 is 2.77 bits per heavy atom. The number of thiocarbonyl (C=S) groups is 1. The number of rotatable bonds is 9. The molecule has 1 saturated heterocycles. The van der Waals surface area contributed by atoms with E-state index in [0.29, 0.717) is 21.4 Å². The van der Waals surface area contributed by atoms with Gasteiger partial charge in [-0.1, -0.05) is 60.4 Å². The van der Waals surface area contributed by atoms with Gasteiger partial charge in [0.2, 0.25) is 5.91 Å². The van der Waals surface area contributed by atoms with Gasteiger partial charge in [-0.2, -0.15) is 0 Å². The Morgan fingerprint density at radius 2 is 2.07 bits per heavy atom. The summed E-state index contributed by atoms with van der Waals surface area (Å²) in [6.45, 7) is 0.0334. The van der Waals surface area contributed by atoms with E-state index in [2.05, 4.69) is 5.32 Å². The van der Waals surface area contributed by atoms with E-state index in [-0.39, 0.29) is 37.4 Å². The van der Waals surface area contributed by atoms with Crippen molar-refractivity contribution >= 4 is 46.2 Å². The average Bonchev–Trinajstić information content (AvgIpc) is 3.35. The highest BCUT2D eigenvalue weighted by molar-refractivity contribution is 8.26. The summed E-state index contributed by atoms with van der Waals surface area (Å²) in [6, 6.07) is 12.9. The number of carbonyl (C=O) groups excluding carboxylic acids is 2. The maximum Gasteiger partial charge on any atom is 0.266 e. The van der Waals surface area contributed by atoms with Crippen molar-refractivity contribution in [2.75, 3.05) is 13.2 Å². The molecule has 1 atom stereocenters. The summed E-state index contributed by atoms with van der Waals surface area (Å²) >= 11 is 6.49. The van der Waals surface area contributed by atoms with Crippen LogP contribution in [0.2, 0.25) is 0 Å². The van der Waals surface area contributed by atoms with Crippen molar-refractivity contribution in [1.29, 1.82) is 0 Å². The van der Waals surface area contributed by atoms with E-state index >= 15 is 0 Å². The predicted molar refractivity (Wildman–Crippen MR) is 122 cm³/mol. The molecule has 1 aromatic carbocycles. The van der Waals surface area contributed by atoms with Crippen LogP contribution in [-0.2, 0) is 16.0 Å². The van der Waals surface area contributed by atoms with Crippen molar-refractivity contribution in [3.8, 4) is 0 Å². The maximum absolute atomic E-state index is 12.6. The normalized spacial score (nSPS) is 16.6. The highest BCUT2D eigenvalue weighted by atomic mass is 32.2. The van der Waals surface area contributed by atoms with Gasteiger partial charge in [0.25, 0.3) is 5.91 Å². The molecule has 0 aliphatic carbocycles. The zero-order valence-corrected chi connectivity index (χ0v) is 17.8. The number of benzene rings is 1. The number of nitrogens with one attached hydrogen (secondary N) is 1. The van der Waals surface area contributed by atoms with Gasteiger partial charge < -0.3 is 14.8 Å². The number of hydrogen-bond acceptors (Lipinski definition) is 6. The van der Waals surface area contributed by atoms with Crippen LogP contribution in [0.15, 0.2) is 70.2 Å². The van der Waals surface area contributed by atoms with Crippen LogP contribution in [0.5, 0.6) is 0 Å². The number of aliphatic hydroxyl groups excluding tert-OH is 1. The molecule has 2 amide bonds. The highest BCUT2D eigenvalue weighted by Gasteiger charge is 2.31. The minimum atomic E-state index is -0.377. The first-order chi connectivity index (χ1) is 14.6. The molecule has 0 saturated carbocycles. The van der Waals surface area contributed by atoms with E-state index in [4.69, 9.17) is 16.6 Å². The molecule has 8 heteroatoms. The number of carbonyl (C=O) groups is 2. The van der Waals surface area contributed by atoms with Crippen molar-refractivity contribution in [2.24, 2.45) is 0 Å². The highest BCUT2D eigenvalue weighted by Crippen LogP contribution is 2.31. The quantitative estimate of drug-likeness (QED) is 0.459. The molecule has 0 bridgehead atoms. The van der Waals surface area contributed by atoms with E-state index in [1.54, 1.807) is 30.6 Å². The summed E-state index contributed by atoms with van der Waals surface area (Å²) in [5, 5.41) is 12.4. The molecule has 6 nitrogen and oxygen atoms in total. The topological polar surface area (TPSA) is 82.8 Å². The maximum atomic E-state index is 12.6. The fraction of sp³-hybridized carbons (Fsp3) is 0.227. The van der Waals surface area contributed by atoms with Gasteiger partial charge in [0.05, 0.1) is 23.8 Å². The molecule has 2 heterocycles. The Morgan fingerprint density at radius 1 is 1.27 bits per heavy atom. The summed E-state index contributed by atoms with van der Waals surface area (Å²) in [7, 11) is 0. The molecule has 1 aliphatic rings. The van der Waals surface area contributed by atoms with Crippen LogP contribution in [0.3, 0.4) is 0 Å². The lowest BCUT2D eigenvalue weighted by atomic mass is 10.1. The van der Waals surface area contributed by atoms with Crippen LogP contribution in [0.4, 0.5) is 0 Å². The van der Waals surface area contributed by atoms with E-state index in [0.717, 1.165) is 5.56 Å². The molecule has 156 valence electrons. The number of furan rings is 1. The molecule has 1 aliphatic heterocycles. The molecule has 2 N–H and O–H groups in total. The third-order valence-electron chi connectivity index (χ3n) is 4.40. The van der Waals surface area contributed by atoms with E-state index in [1.807, 2.05) is 36.4 Å². The fourth-order valence-electron chi connectivity index (χ4n) is 2.90. The summed E-state index contributed by atoms with van der Waals surface area (Å²) in [6.07, 6.45) is 7.38. The lowest BCUT2D eigenvalue weighted by molar-refractivity contribution is -0.124. The van der Waals surface area contributed by atoms with Gasteiger partial charge in [-0.25, -0.2) is 0 Å². The van der Waals surface area contributed by atoms with Gasteiger partial charge in [0, 0.05) is 13.0 Å². The van der Waals surface area contributed by atoms with Crippen molar-refractivity contribution in [1.82, 2.24) is 10.2 Å². The van der Waals surface area contributed by atoms with E-state index in [1.165, 1.54) is 16.7 Å². The second kappa shape index (κ2) is 10.9. The Kier molecular flexibility index (Phi) is 8.01. The van der Waals surface area contributed by atoms with Crippen LogP contribution in [-0.4, -0.2) is 45.3 Å². The number of hydrogen-bond donors (Lipinski definition) is 2. The second-order valence-electron chi connectivity index (χ2n) is 6.62. The first-order valence-electron chi connectivity index (χ1n) is 9.46. The second-order valence-corrected chi connectivity index (χ2v) is 8.29. The monoisotopic (exact) mass is 442 g/mol. The van der Waals surface area contributed by atoms with Gasteiger partial charge in [0.1, 0.15) is 10.1 Å². The Hall–Kier alpha value is -2.68. The summed E-state index contributed by atoms with van der Waals surface area (Å²) < 4.78 is 5.63. The third kappa shape index (κ3) is 6.16. The van der Waals surface area contributed by atoms with Crippen molar-refractivity contribution < 1.29 is 19.1 Å². The number of allylic oxidation sites excluding steroid dienone is 2. The first kappa shape index (κ1) is 22.0. The molecule has 1 aromatic heterocycles. The zero-order chi connectivity index (χ0) is 21.3. The molecule has 30 heavy (non-hydrogen) atoms. The Labute approximate surface area is 184 Å². The summed E-state index contributed by atoms with van der Waals surface area (Å²) in [5.41, 5.74) is 1.03.